The summed E-state index contributed by atoms with van der Waals surface area (Å²) in [4.78, 5) is 8.12. The van der Waals surface area contributed by atoms with Gasteiger partial charge in [-0.15, -0.1) is 0 Å². The first kappa shape index (κ1) is 12.6. The summed E-state index contributed by atoms with van der Waals surface area (Å²) in [5, 5.41) is 10.5. The molecule has 2 aromatic heterocycles. The Bertz CT molecular complexity index is 527. The molecule has 0 bridgehead atoms. The Balaban J connectivity index is 2.48. The van der Waals surface area contributed by atoms with Gasteiger partial charge in [0.1, 0.15) is 11.9 Å². The van der Waals surface area contributed by atoms with Crippen LogP contribution in [0.1, 0.15) is 42.8 Å². The smallest absolute Gasteiger partial charge is 0.129 e. The van der Waals surface area contributed by atoms with E-state index in [1.54, 1.807) is 18.7 Å². The second kappa shape index (κ2) is 4.78. The molecule has 0 fully saturated rings. The number of aromatic nitrogens is 3. The van der Waals surface area contributed by atoms with E-state index >= 15 is 0 Å². The lowest BCUT2D eigenvalue weighted by molar-refractivity contribution is 0.207. The number of nitrogens with zero attached hydrogens (tertiary/aromatic N) is 3. The van der Waals surface area contributed by atoms with Gasteiger partial charge in [0.15, 0.2) is 0 Å². The van der Waals surface area contributed by atoms with Crippen molar-refractivity contribution in [1.82, 2.24) is 14.5 Å². The zero-order valence-electron chi connectivity index (χ0n) is 10.8. The number of rotatable bonds is 3. The summed E-state index contributed by atoms with van der Waals surface area (Å²) < 4.78 is 1.93. The van der Waals surface area contributed by atoms with Gasteiger partial charge < -0.3 is 15.4 Å². The molecular formula is C13H18N4O. The van der Waals surface area contributed by atoms with Crippen molar-refractivity contribution in [3.05, 3.63) is 41.6 Å². The quantitative estimate of drug-likeness (QED) is 0.866. The number of hydrogen-bond acceptors (Lipinski definition) is 4. The molecule has 0 aliphatic heterocycles. The lowest BCUT2D eigenvalue weighted by Crippen LogP contribution is -2.13. The summed E-state index contributed by atoms with van der Waals surface area (Å²) in [6, 6.07) is 2.07. The van der Waals surface area contributed by atoms with E-state index in [1.165, 1.54) is 0 Å². The zero-order chi connectivity index (χ0) is 13.3. The average Bonchev–Trinajstić information content (AvgIpc) is 2.77. The van der Waals surface area contributed by atoms with Gasteiger partial charge in [0.25, 0.3) is 0 Å². The molecule has 96 valence electrons. The maximum Gasteiger partial charge on any atom is 0.129 e. The molecule has 3 N–H and O–H groups in total. The van der Waals surface area contributed by atoms with Gasteiger partial charge >= 0.3 is 0 Å². The number of anilines is 1. The van der Waals surface area contributed by atoms with Crippen LogP contribution >= 0.6 is 0 Å². The predicted octanol–water partition coefficient (Wildman–Crippen LogP) is 1.83. The molecule has 5 heteroatoms. The maximum absolute atomic E-state index is 10.5. The summed E-state index contributed by atoms with van der Waals surface area (Å²) in [6.45, 7) is 5.99. The van der Waals surface area contributed by atoms with Crippen LogP contribution in [0.25, 0.3) is 0 Å². The van der Waals surface area contributed by atoms with E-state index in [0.29, 0.717) is 11.4 Å². The fraction of sp³-hybridized carbons (Fsp3) is 0.385. The fourth-order valence-electron chi connectivity index (χ4n) is 2.05. The van der Waals surface area contributed by atoms with Crippen LogP contribution in [0.15, 0.2) is 24.8 Å². The normalized spacial score (nSPS) is 12.9. The van der Waals surface area contributed by atoms with Crippen LogP contribution in [0.2, 0.25) is 0 Å². The minimum absolute atomic E-state index is 0.232. The third-order valence-electron chi connectivity index (χ3n) is 3.04. The summed E-state index contributed by atoms with van der Waals surface area (Å²) in [6.07, 6.45) is 4.21. The third-order valence-corrected chi connectivity index (χ3v) is 3.04. The molecule has 1 unspecified atom stereocenters. The molecule has 0 aliphatic rings. The molecule has 0 saturated heterocycles. The maximum atomic E-state index is 10.5. The number of nitrogen functional groups attached to an aromatic ring is 1. The second-order valence-corrected chi connectivity index (χ2v) is 4.65. The molecule has 0 aliphatic carbocycles. The Morgan fingerprint density at radius 1 is 1.39 bits per heavy atom. The SMILES string of the molecule is Cc1ccnc(N)c1C(O)c1cncn1C(C)C. The Labute approximate surface area is 106 Å². The van der Waals surface area contributed by atoms with Crippen molar-refractivity contribution >= 4 is 5.82 Å². The largest absolute Gasteiger partial charge is 0.383 e. The number of nitrogens with two attached hydrogens (primary N) is 1. The van der Waals surface area contributed by atoms with Gasteiger partial charge in [-0.05, 0) is 32.4 Å². The number of aliphatic hydroxyl groups is 1. The topological polar surface area (TPSA) is 77.0 Å². The Hall–Kier alpha value is -1.88. The summed E-state index contributed by atoms with van der Waals surface area (Å²) in [5.41, 5.74) is 8.16. The molecule has 0 amide bonds. The monoisotopic (exact) mass is 246 g/mol. The molecular weight excluding hydrogens is 228 g/mol. The fourth-order valence-corrected chi connectivity index (χ4v) is 2.05. The molecule has 1 atom stereocenters. The van der Waals surface area contributed by atoms with Crippen LogP contribution in [-0.4, -0.2) is 19.6 Å². The summed E-state index contributed by atoms with van der Waals surface area (Å²) in [7, 11) is 0. The first-order valence-corrected chi connectivity index (χ1v) is 5.93. The highest BCUT2D eigenvalue weighted by atomic mass is 16.3. The Morgan fingerprint density at radius 2 is 2.11 bits per heavy atom. The molecule has 18 heavy (non-hydrogen) atoms. The van der Waals surface area contributed by atoms with Crippen LogP contribution < -0.4 is 5.73 Å². The average molecular weight is 246 g/mol. The van der Waals surface area contributed by atoms with Crippen molar-refractivity contribution in [2.45, 2.75) is 32.9 Å². The van der Waals surface area contributed by atoms with Gasteiger partial charge in [0.2, 0.25) is 0 Å². The van der Waals surface area contributed by atoms with Gasteiger partial charge in [-0.1, -0.05) is 0 Å². The standard InChI is InChI=1S/C13H18N4O/c1-8(2)17-7-15-6-10(17)12(18)11-9(3)4-5-16-13(11)14/h4-8,12,18H,1-3H3,(H2,14,16). The Morgan fingerprint density at radius 3 is 2.72 bits per heavy atom. The highest BCUT2D eigenvalue weighted by Gasteiger charge is 2.21. The third kappa shape index (κ3) is 2.09. The molecule has 5 nitrogen and oxygen atoms in total. The molecule has 2 aromatic rings. The van der Waals surface area contributed by atoms with Crippen LogP contribution in [0.5, 0.6) is 0 Å². The highest BCUT2D eigenvalue weighted by molar-refractivity contribution is 5.47. The zero-order valence-corrected chi connectivity index (χ0v) is 10.8. The molecule has 0 radical (unpaired) electrons. The number of pyridine rings is 1. The lowest BCUT2D eigenvalue weighted by atomic mass is 10.0. The number of imidazole rings is 1. The number of hydrogen-bond donors (Lipinski definition) is 2. The second-order valence-electron chi connectivity index (χ2n) is 4.65. The van der Waals surface area contributed by atoms with Gasteiger partial charge in [-0.25, -0.2) is 9.97 Å². The minimum Gasteiger partial charge on any atom is -0.383 e. The predicted molar refractivity (Wildman–Crippen MR) is 70.1 cm³/mol. The lowest BCUT2D eigenvalue weighted by Gasteiger charge is -2.19. The van der Waals surface area contributed by atoms with Crippen molar-refractivity contribution in [2.24, 2.45) is 0 Å². The van der Waals surface area contributed by atoms with Crippen molar-refractivity contribution in [2.75, 3.05) is 5.73 Å². The van der Waals surface area contributed by atoms with E-state index < -0.39 is 6.10 Å². The summed E-state index contributed by atoms with van der Waals surface area (Å²) >= 11 is 0. The first-order chi connectivity index (χ1) is 8.52. The van der Waals surface area contributed by atoms with E-state index in [0.717, 1.165) is 11.3 Å². The van der Waals surface area contributed by atoms with Gasteiger partial charge in [0.05, 0.1) is 18.2 Å². The molecule has 2 rings (SSSR count). The first-order valence-electron chi connectivity index (χ1n) is 5.93. The number of aliphatic hydroxyl groups excluding tert-OH is 1. The van der Waals surface area contributed by atoms with Crippen molar-refractivity contribution < 1.29 is 5.11 Å². The molecule has 0 spiro atoms. The van der Waals surface area contributed by atoms with Crippen LogP contribution in [0.3, 0.4) is 0 Å². The van der Waals surface area contributed by atoms with Crippen molar-refractivity contribution in [3.8, 4) is 0 Å². The Kier molecular flexibility index (Phi) is 3.34. The van der Waals surface area contributed by atoms with Crippen molar-refractivity contribution in [1.29, 1.82) is 0 Å². The van der Waals surface area contributed by atoms with E-state index in [4.69, 9.17) is 5.73 Å². The van der Waals surface area contributed by atoms with Crippen LogP contribution in [0.4, 0.5) is 5.82 Å². The van der Waals surface area contributed by atoms with Gasteiger partial charge in [-0.3, -0.25) is 0 Å². The highest BCUT2D eigenvalue weighted by Crippen LogP contribution is 2.29. The van der Waals surface area contributed by atoms with Gasteiger partial charge in [-0.2, -0.15) is 0 Å². The van der Waals surface area contributed by atoms with E-state index in [1.807, 2.05) is 31.4 Å². The van der Waals surface area contributed by atoms with E-state index in [9.17, 15) is 5.11 Å². The molecule has 0 aromatic carbocycles. The van der Waals surface area contributed by atoms with Crippen LogP contribution in [0, 0.1) is 6.92 Å². The van der Waals surface area contributed by atoms with Crippen molar-refractivity contribution in [3.63, 3.8) is 0 Å². The number of aryl methyl sites for hydroxylation is 1. The van der Waals surface area contributed by atoms with Gasteiger partial charge in [0, 0.05) is 17.8 Å². The molecule has 0 saturated carbocycles. The molecule has 2 heterocycles. The van der Waals surface area contributed by atoms with E-state index in [2.05, 4.69) is 9.97 Å². The van der Waals surface area contributed by atoms with E-state index in [-0.39, 0.29) is 6.04 Å². The van der Waals surface area contributed by atoms with Crippen LogP contribution in [-0.2, 0) is 0 Å². The summed E-state index contributed by atoms with van der Waals surface area (Å²) in [5.74, 6) is 0.360. The minimum atomic E-state index is -0.802.